The van der Waals surface area contributed by atoms with Crippen LogP contribution in [0.3, 0.4) is 0 Å². The molecule has 0 unspecified atom stereocenters. The molecule has 0 saturated carbocycles. The molecule has 0 fully saturated rings. The number of pyridine rings is 1. The average Bonchev–Trinajstić information content (AvgIpc) is 2.64. The zero-order valence-corrected chi connectivity index (χ0v) is 15.7. The lowest BCUT2D eigenvalue weighted by Crippen LogP contribution is -2.25. The Balaban J connectivity index is 1.66. The Bertz CT molecular complexity index is 617. The van der Waals surface area contributed by atoms with Crippen molar-refractivity contribution in [1.29, 1.82) is 0 Å². The van der Waals surface area contributed by atoms with E-state index in [9.17, 15) is 0 Å². The molecule has 3 nitrogen and oxygen atoms in total. The Morgan fingerprint density at radius 1 is 0.880 bits per heavy atom. The Hall–Kier alpha value is -2.16. The normalized spacial score (nSPS) is 11.1. The van der Waals surface area contributed by atoms with Crippen LogP contribution in [0.2, 0.25) is 0 Å². The van der Waals surface area contributed by atoms with Crippen molar-refractivity contribution >= 4 is 11.9 Å². The van der Waals surface area contributed by atoms with Gasteiger partial charge < -0.3 is 4.74 Å². The summed E-state index contributed by atoms with van der Waals surface area (Å²) in [6.45, 7) is 3.06. The molecule has 1 heterocycles. The van der Waals surface area contributed by atoms with Crippen molar-refractivity contribution in [3.63, 3.8) is 0 Å². The van der Waals surface area contributed by atoms with Gasteiger partial charge in [-0.2, -0.15) is 0 Å². The van der Waals surface area contributed by atoms with Crippen molar-refractivity contribution in [2.75, 3.05) is 6.61 Å². The summed E-state index contributed by atoms with van der Waals surface area (Å²) < 4.78 is 7.82. The number of aryl methyl sites for hydroxylation is 1. The van der Waals surface area contributed by atoms with E-state index in [0.29, 0.717) is 0 Å². The number of aliphatic imine (C=N–C) groups is 1. The largest absolute Gasteiger partial charge is 0.494 e. The van der Waals surface area contributed by atoms with Gasteiger partial charge in [0.25, 0.3) is 0 Å². The highest BCUT2D eigenvalue weighted by Crippen LogP contribution is 2.18. The van der Waals surface area contributed by atoms with Crippen LogP contribution in [0.25, 0.3) is 0 Å². The van der Waals surface area contributed by atoms with Crippen molar-refractivity contribution in [3.8, 4) is 5.75 Å². The minimum atomic E-state index is 0.803. The van der Waals surface area contributed by atoms with Gasteiger partial charge in [0.05, 0.1) is 12.3 Å². The SMILES string of the molecule is CCCCCCCCCOc1ccc(N=Cc2cc[n+](C)cc2)cc1. The number of ether oxygens (including phenoxy) is 1. The maximum atomic E-state index is 5.81. The molecule has 25 heavy (non-hydrogen) atoms. The summed E-state index contributed by atoms with van der Waals surface area (Å²) in [7, 11) is 2.01. The fraction of sp³-hybridized carbons (Fsp3) is 0.455. The van der Waals surface area contributed by atoms with E-state index in [0.717, 1.165) is 30.0 Å². The molecular weight excluding hydrogens is 308 g/mol. The van der Waals surface area contributed by atoms with E-state index >= 15 is 0 Å². The van der Waals surface area contributed by atoms with Crippen molar-refractivity contribution in [1.82, 2.24) is 0 Å². The topological polar surface area (TPSA) is 25.5 Å². The molecule has 1 aromatic heterocycles. The maximum Gasteiger partial charge on any atom is 0.169 e. The predicted molar refractivity (Wildman–Crippen MR) is 105 cm³/mol. The maximum absolute atomic E-state index is 5.81. The summed E-state index contributed by atoms with van der Waals surface area (Å²) in [6, 6.07) is 12.1. The first kappa shape index (κ1) is 19.2. The van der Waals surface area contributed by atoms with Gasteiger partial charge >= 0.3 is 0 Å². The van der Waals surface area contributed by atoms with E-state index in [1.807, 2.05) is 66.6 Å². The van der Waals surface area contributed by atoms with Gasteiger partial charge in [-0.25, -0.2) is 4.57 Å². The summed E-state index contributed by atoms with van der Waals surface area (Å²) >= 11 is 0. The van der Waals surface area contributed by atoms with Crippen molar-refractivity contribution in [2.24, 2.45) is 12.0 Å². The molecule has 0 aliphatic carbocycles. The molecular formula is C22H31N2O+. The molecule has 0 aliphatic rings. The van der Waals surface area contributed by atoms with Gasteiger partial charge in [0.15, 0.2) is 12.4 Å². The van der Waals surface area contributed by atoms with Gasteiger partial charge in [-0.15, -0.1) is 0 Å². The fourth-order valence-electron chi connectivity index (χ4n) is 2.63. The number of hydrogen-bond acceptors (Lipinski definition) is 2. The molecule has 0 radical (unpaired) electrons. The molecule has 0 spiro atoms. The van der Waals surface area contributed by atoms with Crippen LogP contribution in [-0.4, -0.2) is 12.8 Å². The zero-order valence-electron chi connectivity index (χ0n) is 15.7. The highest BCUT2D eigenvalue weighted by Gasteiger charge is 1.96. The van der Waals surface area contributed by atoms with Crippen LogP contribution in [0, 0.1) is 0 Å². The summed E-state index contributed by atoms with van der Waals surface area (Å²) in [6.07, 6.45) is 15.1. The Labute approximate surface area is 152 Å². The highest BCUT2D eigenvalue weighted by molar-refractivity contribution is 5.81. The summed E-state index contributed by atoms with van der Waals surface area (Å²) in [5.41, 5.74) is 2.04. The third-order valence-electron chi connectivity index (χ3n) is 4.22. The second-order valence-electron chi connectivity index (χ2n) is 6.52. The van der Waals surface area contributed by atoms with Gasteiger partial charge in [0.2, 0.25) is 0 Å². The molecule has 134 valence electrons. The monoisotopic (exact) mass is 339 g/mol. The number of benzene rings is 1. The molecule has 0 bridgehead atoms. The number of nitrogens with zero attached hydrogens (tertiary/aromatic N) is 2. The van der Waals surface area contributed by atoms with Crippen LogP contribution >= 0.6 is 0 Å². The molecule has 0 N–H and O–H groups in total. The summed E-state index contributed by atoms with van der Waals surface area (Å²) in [5, 5.41) is 0. The van der Waals surface area contributed by atoms with Crippen LogP contribution < -0.4 is 9.30 Å². The first-order valence-electron chi connectivity index (χ1n) is 9.50. The number of aromatic nitrogens is 1. The molecule has 3 heteroatoms. The van der Waals surface area contributed by atoms with Gasteiger partial charge in [0, 0.05) is 23.9 Å². The molecule has 0 atom stereocenters. The van der Waals surface area contributed by atoms with Gasteiger partial charge in [-0.1, -0.05) is 45.4 Å². The Morgan fingerprint density at radius 2 is 1.52 bits per heavy atom. The molecule has 2 rings (SSSR count). The van der Waals surface area contributed by atoms with E-state index in [4.69, 9.17) is 4.74 Å². The Morgan fingerprint density at radius 3 is 2.20 bits per heavy atom. The summed E-state index contributed by atoms with van der Waals surface area (Å²) in [5.74, 6) is 0.927. The fourth-order valence-corrected chi connectivity index (χ4v) is 2.63. The number of rotatable bonds is 11. The average molecular weight is 340 g/mol. The molecule has 0 aliphatic heterocycles. The van der Waals surface area contributed by atoms with E-state index in [1.165, 1.54) is 38.5 Å². The first-order chi connectivity index (χ1) is 12.3. The van der Waals surface area contributed by atoms with E-state index in [1.54, 1.807) is 0 Å². The quantitative estimate of drug-likeness (QED) is 0.306. The summed E-state index contributed by atoms with van der Waals surface area (Å²) in [4.78, 5) is 4.50. The van der Waals surface area contributed by atoms with Crippen LogP contribution in [0.1, 0.15) is 57.4 Å². The lowest BCUT2D eigenvalue weighted by atomic mass is 10.1. The minimum Gasteiger partial charge on any atom is -0.494 e. The zero-order chi connectivity index (χ0) is 17.7. The molecule has 0 saturated heterocycles. The molecule has 1 aromatic carbocycles. The minimum absolute atomic E-state index is 0.803. The van der Waals surface area contributed by atoms with E-state index in [2.05, 4.69) is 11.9 Å². The van der Waals surface area contributed by atoms with Crippen molar-refractivity contribution < 1.29 is 9.30 Å². The second kappa shape index (κ2) is 11.4. The lowest BCUT2D eigenvalue weighted by molar-refractivity contribution is -0.671. The van der Waals surface area contributed by atoms with Crippen molar-refractivity contribution in [3.05, 3.63) is 54.4 Å². The van der Waals surface area contributed by atoms with Gasteiger partial charge in [-0.3, -0.25) is 4.99 Å². The van der Waals surface area contributed by atoms with Crippen molar-refractivity contribution in [2.45, 2.75) is 51.9 Å². The molecule has 0 amide bonds. The predicted octanol–water partition coefficient (Wildman–Crippen LogP) is 5.39. The van der Waals surface area contributed by atoms with Crippen LogP contribution in [0.4, 0.5) is 5.69 Å². The second-order valence-corrected chi connectivity index (χ2v) is 6.52. The van der Waals surface area contributed by atoms with Crippen LogP contribution in [0.5, 0.6) is 5.75 Å². The van der Waals surface area contributed by atoms with Gasteiger partial charge in [-0.05, 0) is 30.7 Å². The van der Waals surface area contributed by atoms with Gasteiger partial charge in [0.1, 0.15) is 12.8 Å². The lowest BCUT2D eigenvalue weighted by Gasteiger charge is -2.06. The standard InChI is InChI=1S/C22H31N2O/c1-3-4-5-6-7-8-9-18-25-22-12-10-21(11-13-22)23-19-20-14-16-24(2)17-15-20/h10-17,19H,3-9,18H2,1-2H3/q+1. The number of hydrogen-bond donors (Lipinski definition) is 0. The molecule has 2 aromatic rings. The van der Waals surface area contributed by atoms with E-state index < -0.39 is 0 Å². The third kappa shape index (κ3) is 7.97. The number of unbranched alkanes of at least 4 members (excludes halogenated alkanes) is 6. The third-order valence-corrected chi connectivity index (χ3v) is 4.22. The Kier molecular flexibility index (Phi) is 8.74. The van der Waals surface area contributed by atoms with Crippen LogP contribution in [-0.2, 0) is 7.05 Å². The van der Waals surface area contributed by atoms with E-state index in [-0.39, 0.29) is 0 Å². The smallest absolute Gasteiger partial charge is 0.169 e. The first-order valence-corrected chi connectivity index (χ1v) is 9.50. The highest BCUT2D eigenvalue weighted by atomic mass is 16.5. The van der Waals surface area contributed by atoms with Crippen LogP contribution in [0.15, 0.2) is 53.8 Å².